The van der Waals surface area contributed by atoms with Gasteiger partial charge in [-0.15, -0.1) is 0 Å². The predicted octanol–water partition coefficient (Wildman–Crippen LogP) is 2.28. The number of hydrogen-bond donors (Lipinski definition) is 2. The highest BCUT2D eigenvalue weighted by atomic mass is 19.1. The summed E-state index contributed by atoms with van der Waals surface area (Å²) in [5, 5.41) is 11.1. The third kappa shape index (κ3) is 2.18. The summed E-state index contributed by atoms with van der Waals surface area (Å²) in [5.41, 5.74) is 7.36. The van der Waals surface area contributed by atoms with Crippen molar-refractivity contribution in [3.05, 3.63) is 42.4 Å². The molecule has 0 bridgehead atoms. The van der Waals surface area contributed by atoms with Gasteiger partial charge in [-0.25, -0.2) is 18.7 Å². The summed E-state index contributed by atoms with van der Waals surface area (Å²) in [7, 11) is 1.78. The van der Waals surface area contributed by atoms with Crippen molar-refractivity contribution in [3.8, 4) is 22.6 Å². The Morgan fingerprint density at radius 3 is 2.58 bits per heavy atom. The van der Waals surface area contributed by atoms with Gasteiger partial charge in [0.2, 0.25) is 0 Å². The number of fused-ring (bicyclic) bond motifs is 1. The number of nitrogens with zero attached hydrogens (tertiary/aromatic N) is 5. The van der Waals surface area contributed by atoms with E-state index in [9.17, 15) is 8.78 Å². The molecule has 4 rings (SSSR count). The van der Waals surface area contributed by atoms with Gasteiger partial charge in [0.25, 0.3) is 0 Å². The number of aryl methyl sites for hydroxylation is 1. The standard InChI is InChI=1S/C15H11F2N7/c1-24-6-7(4-20-24)13-14-11(22-23-13)5-19-15(21-14)12-9(16)2-8(18)3-10(12)17/h2-6H,18H2,1H3,(H,22,23). The molecule has 24 heavy (non-hydrogen) atoms. The monoisotopic (exact) mass is 327 g/mol. The van der Waals surface area contributed by atoms with Gasteiger partial charge in [-0.05, 0) is 12.1 Å². The number of rotatable bonds is 2. The molecule has 3 N–H and O–H groups in total. The van der Waals surface area contributed by atoms with E-state index in [1.54, 1.807) is 24.1 Å². The summed E-state index contributed by atoms with van der Waals surface area (Å²) >= 11 is 0. The summed E-state index contributed by atoms with van der Waals surface area (Å²) in [6, 6.07) is 2.06. The van der Waals surface area contributed by atoms with Crippen molar-refractivity contribution in [1.29, 1.82) is 0 Å². The molecule has 0 unspecified atom stereocenters. The number of benzene rings is 1. The van der Waals surface area contributed by atoms with E-state index in [0.29, 0.717) is 16.7 Å². The van der Waals surface area contributed by atoms with Crippen LogP contribution in [0.2, 0.25) is 0 Å². The van der Waals surface area contributed by atoms with Crippen LogP contribution in [0.4, 0.5) is 14.5 Å². The molecule has 0 radical (unpaired) electrons. The third-order valence-electron chi connectivity index (χ3n) is 3.57. The van der Waals surface area contributed by atoms with Crippen LogP contribution in [-0.4, -0.2) is 29.9 Å². The number of hydrogen-bond acceptors (Lipinski definition) is 5. The van der Waals surface area contributed by atoms with Crippen LogP contribution in [-0.2, 0) is 7.05 Å². The molecule has 0 saturated heterocycles. The first-order chi connectivity index (χ1) is 11.5. The Bertz CT molecular complexity index is 1040. The maximum absolute atomic E-state index is 14.1. The molecule has 0 aliphatic heterocycles. The molecule has 0 amide bonds. The van der Waals surface area contributed by atoms with Gasteiger partial charge in [0, 0.05) is 24.5 Å². The minimum atomic E-state index is -0.821. The zero-order chi connectivity index (χ0) is 16.8. The Kier molecular flexibility index (Phi) is 3.02. The summed E-state index contributed by atoms with van der Waals surface area (Å²) in [6.07, 6.45) is 4.82. The Morgan fingerprint density at radius 1 is 1.17 bits per heavy atom. The third-order valence-corrected chi connectivity index (χ3v) is 3.57. The van der Waals surface area contributed by atoms with Gasteiger partial charge in [0.05, 0.1) is 18.0 Å². The number of anilines is 1. The second-order valence-corrected chi connectivity index (χ2v) is 5.29. The van der Waals surface area contributed by atoms with E-state index in [1.165, 1.54) is 6.20 Å². The summed E-state index contributed by atoms with van der Waals surface area (Å²) < 4.78 is 29.8. The van der Waals surface area contributed by atoms with Crippen LogP contribution in [0.3, 0.4) is 0 Å². The molecular formula is C15H11F2N7. The van der Waals surface area contributed by atoms with E-state index in [1.807, 2.05) is 0 Å². The SMILES string of the molecule is Cn1cc(-c2n[nH]c3cnc(-c4c(F)cc(N)cc4F)nc23)cn1. The van der Waals surface area contributed by atoms with Crippen molar-refractivity contribution in [1.82, 2.24) is 29.9 Å². The predicted molar refractivity (Wildman–Crippen MR) is 83.7 cm³/mol. The van der Waals surface area contributed by atoms with Crippen LogP contribution < -0.4 is 5.73 Å². The lowest BCUT2D eigenvalue weighted by atomic mass is 10.1. The summed E-state index contributed by atoms with van der Waals surface area (Å²) in [4.78, 5) is 8.30. The fourth-order valence-corrected chi connectivity index (χ4v) is 2.48. The number of aromatic nitrogens is 6. The van der Waals surface area contributed by atoms with E-state index in [2.05, 4.69) is 25.3 Å². The Balaban J connectivity index is 1.93. The molecule has 0 atom stereocenters. The molecule has 0 saturated carbocycles. The van der Waals surface area contributed by atoms with E-state index >= 15 is 0 Å². The van der Waals surface area contributed by atoms with Crippen molar-refractivity contribution in [3.63, 3.8) is 0 Å². The maximum atomic E-state index is 14.1. The Hall–Kier alpha value is -3.36. The number of H-pyrrole nitrogens is 1. The maximum Gasteiger partial charge on any atom is 0.165 e. The number of nitrogens with two attached hydrogens (primary N) is 1. The van der Waals surface area contributed by atoms with Gasteiger partial charge in [0.15, 0.2) is 5.82 Å². The average Bonchev–Trinajstić information content (AvgIpc) is 3.11. The van der Waals surface area contributed by atoms with E-state index < -0.39 is 11.6 Å². The van der Waals surface area contributed by atoms with E-state index in [4.69, 9.17) is 5.73 Å². The van der Waals surface area contributed by atoms with Crippen LogP contribution in [0.15, 0.2) is 30.7 Å². The lowest BCUT2D eigenvalue weighted by molar-refractivity contribution is 0.589. The second kappa shape index (κ2) is 5.08. The van der Waals surface area contributed by atoms with Gasteiger partial charge >= 0.3 is 0 Å². The molecule has 0 aliphatic carbocycles. The first-order valence-corrected chi connectivity index (χ1v) is 6.98. The highest BCUT2D eigenvalue weighted by molar-refractivity contribution is 5.89. The number of halogens is 2. The number of aromatic amines is 1. The molecule has 0 aliphatic rings. The Labute approximate surface area is 134 Å². The quantitative estimate of drug-likeness (QED) is 0.550. The van der Waals surface area contributed by atoms with E-state index in [-0.39, 0.29) is 17.1 Å². The van der Waals surface area contributed by atoms with Gasteiger partial charge < -0.3 is 5.73 Å². The zero-order valence-electron chi connectivity index (χ0n) is 12.5. The van der Waals surface area contributed by atoms with Gasteiger partial charge in [-0.1, -0.05) is 0 Å². The van der Waals surface area contributed by atoms with Crippen LogP contribution >= 0.6 is 0 Å². The molecule has 9 heteroatoms. The highest BCUT2D eigenvalue weighted by Crippen LogP contribution is 2.29. The van der Waals surface area contributed by atoms with Crippen LogP contribution in [0.5, 0.6) is 0 Å². The van der Waals surface area contributed by atoms with Crippen molar-refractivity contribution in [2.75, 3.05) is 5.73 Å². The Morgan fingerprint density at radius 2 is 1.92 bits per heavy atom. The lowest BCUT2D eigenvalue weighted by Gasteiger charge is -2.05. The molecule has 0 spiro atoms. The lowest BCUT2D eigenvalue weighted by Crippen LogP contribution is -1.98. The van der Waals surface area contributed by atoms with Crippen LogP contribution in [0.1, 0.15) is 0 Å². The molecule has 1 aromatic carbocycles. The highest BCUT2D eigenvalue weighted by Gasteiger charge is 2.18. The number of nitrogen functional groups attached to an aromatic ring is 1. The topological polar surface area (TPSA) is 98.3 Å². The second-order valence-electron chi connectivity index (χ2n) is 5.29. The van der Waals surface area contributed by atoms with Crippen LogP contribution in [0, 0.1) is 11.6 Å². The fraction of sp³-hybridized carbons (Fsp3) is 0.0667. The largest absolute Gasteiger partial charge is 0.399 e. The average molecular weight is 327 g/mol. The van der Waals surface area contributed by atoms with Crippen molar-refractivity contribution >= 4 is 16.7 Å². The molecular weight excluding hydrogens is 316 g/mol. The number of nitrogens with one attached hydrogen (secondary N) is 1. The molecule has 7 nitrogen and oxygen atoms in total. The molecule has 0 fully saturated rings. The molecule has 3 aromatic heterocycles. The summed E-state index contributed by atoms with van der Waals surface area (Å²) in [5.74, 6) is -1.72. The zero-order valence-corrected chi connectivity index (χ0v) is 12.5. The smallest absolute Gasteiger partial charge is 0.165 e. The van der Waals surface area contributed by atoms with Crippen LogP contribution in [0.25, 0.3) is 33.7 Å². The minimum Gasteiger partial charge on any atom is -0.399 e. The molecule has 4 aromatic rings. The first-order valence-electron chi connectivity index (χ1n) is 6.98. The fourth-order valence-electron chi connectivity index (χ4n) is 2.48. The first kappa shape index (κ1) is 14.2. The van der Waals surface area contributed by atoms with Gasteiger partial charge in [-0.3, -0.25) is 9.78 Å². The van der Waals surface area contributed by atoms with Crippen molar-refractivity contribution in [2.45, 2.75) is 0 Å². The summed E-state index contributed by atoms with van der Waals surface area (Å²) in [6.45, 7) is 0. The molecule has 120 valence electrons. The van der Waals surface area contributed by atoms with E-state index in [0.717, 1.165) is 17.7 Å². The van der Waals surface area contributed by atoms with Crippen molar-refractivity contribution in [2.24, 2.45) is 7.05 Å². The molecule has 3 heterocycles. The van der Waals surface area contributed by atoms with Gasteiger partial charge in [0.1, 0.15) is 28.4 Å². The van der Waals surface area contributed by atoms with Gasteiger partial charge in [-0.2, -0.15) is 10.2 Å². The normalized spacial score (nSPS) is 11.3. The minimum absolute atomic E-state index is 0.00538. The van der Waals surface area contributed by atoms with Crippen molar-refractivity contribution < 1.29 is 8.78 Å².